The number of nitriles is 1. The van der Waals surface area contributed by atoms with E-state index in [2.05, 4.69) is 21.5 Å². The van der Waals surface area contributed by atoms with Gasteiger partial charge in [0.05, 0.1) is 12.5 Å². The molecule has 0 saturated carbocycles. The summed E-state index contributed by atoms with van der Waals surface area (Å²) in [5, 5.41) is 16.3. The van der Waals surface area contributed by atoms with Crippen molar-refractivity contribution in [1.82, 2.24) is 19.9 Å². The van der Waals surface area contributed by atoms with E-state index in [0.717, 1.165) is 22.7 Å². The third kappa shape index (κ3) is 3.59. The van der Waals surface area contributed by atoms with E-state index in [1.165, 1.54) is 6.20 Å². The summed E-state index contributed by atoms with van der Waals surface area (Å²) in [5.41, 5.74) is 3.72. The summed E-state index contributed by atoms with van der Waals surface area (Å²) in [6.45, 7) is 5.79. The van der Waals surface area contributed by atoms with Crippen molar-refractivity contribution in [2.45, 2.75) is 46.1 Å². The first-order valence-corrected chi connectivity index (χ1v) is 8.55. The molecule has 26 heavy (non-hydrogen) atoms. The maximum absolute atomic E-state index is 12.3. The number of fused-ring (bicyclic) bond motifs is 1. The molecule has 0 bridgehead atoms. The van der Waals surface area contributed by atoms with E-state index < -0.39 is 0 Å². The summed E-state index contributed by atoms with van der Waals surface area (Å²) in [6.07, 6.45) is 4.74. The van der Waals surface area contributed by atoms with Crippen LogP contribution in [0.3, 0.4) is 0 Å². The second-order valence-electron chi connectivity index (χ2n) is 6.42. The molecule has 3 rings (SSSR count). The van der Waals surface area contributed by atoms with Crippen LogP contribution in [0.5, 0.6) is 0 Å². The van der Waals surface area contributed by atoms with E-state index in [9.17, 15) is 4.79 Å². The molecular formula is C19H21N5O2. The number of nitrogens with one attached hydrogen (secondary N) is 1. The molecule has 3 aromatic heterocycles. The lowest BCUT2D eigenvalue weighted by Gasteiger charge is -2.14. The Balaban J connectivity index is 1.65. The Hall–Kier alpha value is -3.14. The fourth-order valence-corrected chi connectivity index (χ4v) is 3.12. The molecular weight excluding hydrogens is 330 g/mol. The molecule has 3 aromatic rings. The summed E-state index contributed by atoms with van der Waals surface area (Å²) in [5.74, 6) is 0.840. The number of carbonyl (C=O) groups excluding carboxylic acids is 1. The van der Waals surface area contributed by atoms with E-state index in [1.807, 2.05) is 32.9 Å². The number of rotatable bonds is 6. The third-order valence-corrected chi connectivity index (χ3v) is 4.43. The topological polar surface area (TPSA) is 96.2 Å². The Morgan fingerprint density at radius 1 is 1.46 bits per heavy atom. The lowest BCUT2D eigenvalue weighted by atomic mass is 10.1. The largest absolute Gasteiger partial charge is 0.469 e. The molecule has 0 radical (unpaired) electrons. The molecule has 0 spiro atoms. The molecule has 7 heteroatoms. The van der Waals surface area contributed by atoms with Gasteiger partial charge in [-0.2, -0.15) is 10.4 Å². The fourth-order valence-electron chi connectivity index (χ4n) is 3.12. The van der Waals surface area contributed by atoms with Gasteiger partial charge >= 0.3 is 0 Å². The average molecular weight is 351 g/mol. The highest BCUT2D eigenvalue weighted by Crippen LogP contribution is 2.18. The Kier molecular flexibility index (Phi) is 5.03. The van der Waals surface area contributed by atoms with Crippen LogP contribution in [-0.4, -0.2) is 26.5 Å². The Bertz CT molecular complexity index is 966. The van der Waals surface area contributed by atoms with Crippen LogP contribution in [-0.2, 0) is 17.6 Å². The zero-order valence-corrected chi connectivity index (χ0v) is 15.1. The second-order valence-corrected chi connectivity index (χ2v) is 6.42. The number of furan rings is 1. The monoisotopic (exact) mass is 351 g/mol. The van der Waals surface area contributed by atoms with Gasteiger partial charge in [-0.05, 0) is 44.9 Å². The first kappa shape index (κ1) is 17.7. The van der Waals surface area contributed by atoms with Crippen LogP contribution in [0.25, 0.3) is 5.65 Å². The molecule has 1 N–H and O–H groups in total. The highest BCUT2D eigenvalue weighted by Gasteiger charge is 2.15. The van der Waals surface area contributed by atoms with Crippen LogP contribution in [0.15, 0.2) is 29.0 Å². The van der Waals surface area contributed by atoms with Gasteiger partial charge in [-0.15, -0.1) is 0 Å². The van der Waals surface area contributed by atoms with Crippen molar-refractivity contribution in [2.75, 3.05) is 0 Å². The van der Waals surface area contributed by atoms with Gasteiger partial charge in [0.15, 0.2) is 5.65 Å². The third-order valence-electron chi connectivity index (χ3n) is 4.43. The summed E-state index contributed by atoms with van der Waals surface area (Å²) >= 11 is 0. The van der Waals surface area contributed by atoms with Gasteiger partial charge in [-0.1, -0.05) is 0 Å². The standard InChI is InChI=1S/C19H21N5O2/c1-12(9-16-5-4-8-26-16)22-18(25)7-6-17-13(2)23-19-15(10-20)11-21-24(19)14(17)3/h4-5,8,11-12H,6-7,9H2,1-3H3,(H,22,25). The van der Waals surface area contributed by atoms with E-state index >= 15 is 0 Å². The zero-order valence-electron chi connectivity index (χ0n) is 15.1. The van der Waals surface area contributed by atoms with E-state index in [1.54, 1.807) is 10.8 Å². The summed E-state index contributed by atoms with van der Waals surface area (Å²) in [6, 6.07) is 5.83. The minimum absolute atomic E-state index is 0.000696. The second kappa shape index (κ2) is 7.40. The van der Waals surface area contributed by atoms with Gasteiger partial charge < -0.3 is 9.73 Å². The van der Waals surface area contributed by atoms with Crippen molar-refractivity contribution in [3.05, 3.63) is 52.9 Å². The molecule has 0 aromatic carbocycles. The van der Waals surface area contributed by atoms with Crippen molar-refractivity contribution in [2.24, 2.45) is 0 Å². The number of carbonyl (C=O) groups is 1. The molecule has 0 saturated heterocycles. The van der Waals surface area contributed by atoms with E-state index in [-0.39, 0.29) is 11.9 Å². The van der Waals surface area contributed by atoms with Crippen molar-refractivity contribution in [3.8, 4) is 6.07 Å². The van der Waals surface area contributed by atoms with E-state index in [4.69, 9.17) is 9.68 Å². The molecule has 0 aliphatic heterocycles. The Labute approximate surface area is 151 Å². The normalized spacial score (nSPS) is 12.1. The van der Waals surface area contributed by atoms with Crippen LogP contribution in [0.4, 0.5) is 0 Å². The van der Waals surface area contributed by atoms with Crippen molar-refractivity contribution >= 4 is 11.6 Å². The van der Waals surface area contributed by atoms with Crippen LogP contribution in [0.2, 0.25) is 0 Å². The van der Waals surface area contributed by atoms with Crippen molar-refractivity contribution in [3.63, 3.8) is 0 Å². The lowest BCUT2D eigenvalue weighted by molar-refractivity contribution is -0.121. The van der Waals surface area contributed by atoms with Crippen LogP contribution < -0.4 is 5.32 Å². The minimum atomic E-state index is -0.0128. The highest BCUT2D eigenvalue weighted by atomic mass is 16.3. The number of nitrogens with zero attached hydrogens (tertiary/aromatic N) is 4. The average Bonchev–Trinajstić information content (AvgIpc) is 3.23. The molecule has 0 fully saturated rings. The Morgan fingerprint density at radius 2 is 2.27 bits per heavy atom. The summed E-state index contributed by atoms with van der Waals surface area (Å²) in [7, 11) is 0. The van der Waals surface area contributed by atoms with Crippen molar-refractivity contribution in [1.29, 1.82) is 5.26 Å². The molecule has 1 atom stereocenters. The minimum Gasteiger partial charge on any atom is -0.469 e. The van der Waals surface area contributed by atoms with Gasteiger partial charge in [0.25, 0.3) is 0 Å². The first-order valence-electron chi connectivity index (χ1n) is 8.55. The number of amides is 1. The summed E-state index contributed by atoms with van der Waals surface area (Å²) in [4.78, 5) is 16.8. The van der Waals surface area contributed by atoms with Gasteiger partial charge in [-0.3, -0.25) is 4.79 Å². The quantitative estimate of drug-likeness (QED) is 0.736. The fraction of sp³-hybridized carbons (Fsp3) is 0.368. The summed E-state index contributed by atoms with van der Waals surface area (Å²) < 4.78 is 6.97. The molecule has 0 aliphatic rings. The SMILES string of the molecule is Cc1nc2c(C#N)cnn2c(C)c1CCC(=O)NC(C)Cc1ccco1. The molecule has 1 amide bonds. The molecule has 0 aliphatic carbocycles. The highest BCUT2D eigenvalue weighted by molar-refractivity contribution is 5.76. The number of aromatic nitrogens is 3. The van der Waals surface area contributed by atoms with Crippen LogP contribution in [0, 0.1) is 25.2 Å². The van der Waals surface area contributed by atoms with Gasteiger partial charge in [-0.25, -0.2) is 9.50 Å². The number of hydrogen-bond donors (Lipinski definition) is 1. The molecule has 134 valence electrons. The lowest BCUT2D eigenvalue weighted by Crippen LogP contribution is -2.34. The molecule has 1 unspecified atom stereocenters. The van der Waals surface area contributed by atoms with E-state index in [0.29, 0.717) is 30.5 Å². The van der Waals surface area contributed by atoms with Gasteiger partial charge in [0.1, 0.15) is 17.4 Å². The number of aryl methyl sites for hydroxylation is 2. The predicted molar refractivity (Wildman–Crippen MR) is 95.5 cm³/mol. The Morgan fingerprint density at radius 3 is 2.96 bits per heavy atom. The maximum atomic E-state index is 12.3. The van der Waals surface area contributed by atoms with Crippen LogP contribution >= 0.6 is 0 Å². The smallest absolute Gasteiger partial charge is 0.220 e. The first-order chi connectivity index (χ1) is 12.5. The van der Waals surface area contributed by atoms with Crippen LogP contribution in [0.1, 0.15) is 41.6 Å². The zero-order chi connectivity index (χ0) is 18.7. The predicted octanol–water partition coefficient (Wildman–Crippen LogP) is 2.49. The van der Waals surface area contributed by atoms with Crippen molar-refractivity contribution < 1.29 is 9.21 Å². The molecule has 3 heterocycles. The number of hydrogen-bond acceptors (Lipinski definition) is 5. The van der Waals surface area contributed by atoms with Gasteiger partial charge in [0.2, 0.25) is 5.91 Å². The van der Waals surface area contributed by atoms with Gasteiger partial charge in [0, 0.05) is 30.3 Å². The molecule has 7 nitrogen and oxygen atoms in total. The maximum Gasteiger partial charge on any atom is 0.220 e.